The Labute approximate surface area is 136 Å². The van der Waals surface area contributed by atoms with Gasteiger partial charge in [-0.05, 0) is 31.5 Å². The van der Waals surface area contributed by atoms with Crippen LogP contribution in [-0.2, 0) is 22.7 Å². The van der Waals surface area contributed by atoms with Crippen molar-refractivity contribution in [2.75, 3.05) is 0 Å². The molecule has 2 rings (SSSR count). The van der Waals surface area contributed by atoms with E-state index in [-0.39, 0.29) is 35.9 Å². The van der Waals surface area contributed by atoms with E-state index < -0.39 is 15.8 Å². The van der Waals surface area contributed by atoms with E-state index in [9.17, 15) is 25.0 Å². The molecule has 0 bridgehead atoms. The van der Waals surface area contributed by atoms with E-state index in [2.05, 4.69) is 5.10 Å². The maximum atomic E-state index is 11.8. The molecule has 0 amide bonds. The number of nitro benzene ring substituents is 1. The number of nitrogens with zero attached hydrogens (tertiary/aromatic N) is 4. The highest BCUT2D eigenvalue weighted by Gasteiger charge is 2.23. The Bertz CT molecular complexity index is 796. The van der Waals surface area contributed by atoms with Crippen LogP contribution in [0.2, 0.25) is 0 Å². The summed E-state index contributed by atoms with van der Waals surface area (Å²) in [7, 11) is 0. The molecule has 0 aliphatic rings. The topological polar surface area (TPSA) is 130 Å². The van der Waals surface area contributed by atoms with Crippen molar-refractivity contribution >= 4 is 17.3 Å². The van der Waals surface area contributed by atoms with Crippen molar-refractivity contribution in [3.05, 3.63) is 61.4 Å². The van der Waals surface area contributed by atoms with Gasteiger partial charge in [0, 0.05) is 12.1 Å². The van der Waals surface area contributed by atoms with Crippen molar-refractivity contribution in [2.24, 2.45) is 0 Å². The average Bonchev–Trinajstić information content (AvgIpc) is 2.79. The molecule has 0 saturated carbocycles. The first kappa shape index (κ1) is 17.1. The lowest BCUT2D eigenvalue weighted by atomic mass is 10.2. The maximum absolute atomic E-state index is 11.8. The number of ether oxygens (including phenoxy) is 1. The van der Waals surface area contributed by atoms with Crippen LogP contribution >= 0.6 is 0 Å². The summed E-state index contributed by atoms with van der Waals surface area (Å²) in [5, 5.41) is 25.4. The largest absolute Gasteiger partial charge is 0.459 e. The lowest BCUT2D eigenvalue weighted by Crippen LogP contribution is -2.15. The summed E-state index contributed by atoms with van der Waals surface area (Å²) in [6, 6.07) is 5.60. The minimum atomic E-state index is -0.617. The van der Waals surface area contributed by atoms with Crippen LogP contribution in [0.3, 0.4) is 0 Å². The lowest BCUT2D eigenvalue weighted by molar-refractivity contribution is -0.386. The van der Waals surface area contributed by atoms with Gasteiger partial charge in [-0.1, -0.05) is 0 Å². The molecule has 24 heavy (non-hydrogen) atoms. The number of aromatic nitrogens is 2. The van der Waals surface area contributed by atoms with Gasteiger partial charge in [0.15, 0.2) is 0 Å². The first-order valence-electron chi connectivity index (χ1n) is 6.87. The zero-order chi connectivity index (χ0) is 17.9. The van der Waals surface area contributed by atoms with Crippen molar-refractivity contribution in [1.82, 2.24) is 9.78 Å². The predicted molar refractivity (Wildman–Crippen MR) is 81.2 cm³/mol. The van der Waals surface area contributed by atoms with E-state index in [0.29, 0.717) is 5.56 Å². The van der Waals surface area contributed by atoms with E-state index in [1.807, 2.05) is 0 Å². The van der Waals surface area contributed by atoms with Gasteiger partial charge < -0.3 is 4.74 Å². The summed E-state index contributed by atoms with van der Waals surface area (Å²) in [6.07, 6.45) is 0. The van der Waals surface area contributed by atoms with Gasteiger partial charge in [0.05, 0.1) is 9.85 Å². The van der Waals surface area contributed by atoms with Gasteiger partial charge in [0.2, 0.25) is 0 Å². The van der Waals surface area contributed by atoms with Gasteiger partial charge in [-0.25, -0.2) is 0 Å². The number of hydrogen-bond acceptors (Lipinski definition) is 7. The maximum Gasteiger partial charge on any atom is 0.328 e. The number of carbonyl (C=O) groups excluding carboxylic acids is 1. The number of non-ortho nitro benzene ring substituents is 1. The molecule has 0 saturated heterocycles. The van der Waals surface area contributed by atoms with Gasteiger partial charge >= 0.3 is 11.7 Å². The number of rotatable bonds is 6. The van der Waals surface area contributed by atoms with E-state index in [0.717, 1.165) is 0 Å². The zero-order valence-corrected chi connectivity index (χ0v) is 13.0. The minimum absolute atomic E-state index is 0.0555. The Hall–Kier alpha value is -3.30. The fourth-order valence-electron chi connectivity index (χ4n) is 2.15. The van der Waals surface area contributed by atoms with Gasteiger partial charge in [-0.15, -0.1) is 0 Å². The lowest BCUT2D eigenvalue weighted by Gasteiger charge is -2.06. The SMILES string of the molecule is Cc1nn(CC(=O)OCc2ccc([N+](=O)[O-])cc2)c(C)c1[N+](=O)[O-]. The second-order valence-corrected chi connectivity index (χ2v) is 5.02. The zero-order valence-electron chi connectivity index (χ0n) is 13.0. The minimum Gasteiger partial charge on any atom is -0.459 e. The molecule has 1 aromatic carbocycles. The van der Waals surface area contributed by atoms with Gasteiger partial charge in [-0.3, -0.25) is 29.7 Å². The molecule has 1 aromatic heterocycles. The predicted octanol–water partition coefficient (Wildman–Crippen LogP) is 2.06. The van der Waals surface area contributed by atoms with E-state index >= 15 is 0 Å². The molecule has 10 nitrogen and oxygen atoms in total. The van der Waals surface area contributed by atoms with Gasteiger partial charge in [0.1, 0.15) is 24.5 Å². The van der Waals surface area contributed by atoms with E-state index in [4.69, 9.17) is 4.74 Å². The fourth-order valence-corrected chi connectivity index (χ4v) is 2.15. The highest BCUT2D eigenvalue weighted by atomic mass is 16.6. The molecule has 10 heteroatoms. The molecular weight excluding hydrogens is 320 g/mol. The first-order valence-corrected chi connectivity index (χ1v) is 6.87. The third kappa shape index (κ3) is 3.72. The monoisotopic (exact) mass is 334 g/mol. The molecule has 1 heterocycles. The van der Waals surface area contributed by atoms with Crippen molar-refractivity contribution < 1.29 is 19.4 Å². The summed E-state index contributed by atoms with van der Waals surface area (Å²) in [6.45, 7) is 2.68. The van der Waals surface area contributed by atoms with Crippen LogP contribution in [0.4, 0.5) is 11.4 Å². The third-order valence-corrected chi connectivity index (χ3v) is 3.35. The molecule has 0 radical (unpaired) electrons. The molecule has 0 atom stereocenters. The van der Waals surface area contributed by atoms with Crippen LogP contribution in [-0.4, -0.2) is 25.6 Å². The van der Waals surface area contributed by atoms with Gasteiger partial charge in [0.25, 0.3) is 5.69 Å². The summed E-state index contributed by atoms with van der Waals surface area (Å²) in [5.41, 5.74) is 0.900. The highest BCUT2D eigenvalue weighted by Crippen LogP contribution is 2.21. The Balaban J connectivity index is 1.98. The summed E-state index contributed by atoms with van der Waals surface area (Å²) in [4.78, 5) is 32.2. The summed E-state index contributed by atoms with van der Waals surface area (Å²) in [5.74, 6) is -0.617. The number of benzene rings is 1. The summed E-state index contributed by atoms with van der Waals surface area (Å²) < 4.78 is 6.27. The Kier molecular flexibility index (Phi) is 4.87. The molecule has 0 aliphatic carbocycles. The smallest absolute Gasteiger partial charge is 0.328 e. The van der Waals surface area contributed by atoms with Crippen molar-refractivity contribution in [1.29, 1.82) is 0 Å². The molecule has 126 valence electrons. The van der Waals surface area contributed by atoms with Crippen LogP contribution in [0.15, 0.2) is 24.3 Å². The molecule has 0 unspecified atom stereocenters. The molecule has 0 spiro atoms. The van der Waals surface area contributed by atoms with Gasteiger partial charge in [-0.2, -0.15) is 5.10 Å². The molecule has 2 aromatic rings. The Morgan fingerprint density at radius 2 is 1.79 bits per heavy atom. The number of esters is 1. The van der Waals surface area contributed by atoms with Crippen LogP contribution < -0.4 is 0 Å². The second-order valence-electron chi connectivity index (χ2n) is 5.02. The molecule has 0 aliphatic heterocycles. The van der Waals surface area contributed by atoms with E-state index in [1.54, 1.807) is 0 Å². The molecule has 0 fully saturated rings. The second kappa shape index (κ2) is 6.86. The number of nitro groups is 2. The normalized spacial score (nSPS) is 10.4. The fraction of sp³-hybridized carbons (Fsp3) is 0.286. The number of hydrogen-bond donors (Lipinski definition) is 0. The van der Waals surface area contributed by atoms with Crippen LogP contribution in [0.1, 0.15) is 17.0 Å². The van der Waals surface area contributed by atoms with Crippen molar-refractivity contribution in [3.63, 3.8) is 0 Å². The average molecular weight is 334 g/mol. The molecular formula is C14H14N4O6. The molecule has 0 N–H and O–H groups in total. The Morgan fingerprint density at radius 3 is 2.29 bits per heavy atom. The number of aryl methyl sites for hydroxylation is 1. The standard InChI is InChI=1S/C14H14N4O6/c1-9-14(18(22)23)10(2)16(15-9)7-13(19)24-8-11-3-5-12(6-4-11)17(20)21/h3-6H,7-8H2,1-2H3. The van der Waals surface area contributed by atoms with Crippen molar-refractivity contribution in [3.8, 4) is 0 Å². The van der Waals surface area contributed by atoms with Crippen molar-refractivity contribution in [2.45, 2.75) is 27.0 Å². The summed E-state index contributed by atoms with van der Waals surface area (Å²) >= 11 is 0. The van der Waals surface area contributed by atoms with Crippen LogP contribution in [0.5, 0.6) is 0 Å². The number of carbonyl (C=O) groups is 1. The van der Waals surface area contributed by atoms with Crippen LogP contribution in [0, 0.1) is 34.1 Å². The third-order valence-electron chi connectivity index (χ3n) is 3.35. The highest BCUT2D eigenvalue weighted by molar-refractivity contribution is 5.69. The first-order chi connectivity index (χ1) is 11.3. The quantitative estimate of drug-likeness (QED) is 0.449. The van der Waals surface area contributed by atoms with E-state index in [1.165, 1.54) is 42.8 Å². The van der Waals surface area contributed by atoms with Crippen LogP contribution in [0.25, 0.3) is 0 Å². The Morgan fingerprint density at radius 1 is 1.17 bits per heavy atom.